The highest BCUT2D eigenvalue weighted by atomic mass is 15.4. The van der Waals surface area contributed by atoms with Crippen LogP contribution in [0.4, 0.5) is 5.82 Å². The van der Waals surface area contributed by atoms with Gasteiger partial charge in [0.1, 0.15) is 5.82 Å². The summed E-state index contributed by atoms with van der Waals surface area (Å²) >= 11 is 0. The van der Waals surface area contributed by atoms with Crippen molar-refractivity contribution in [3.05, 3.63) is 11.3 Å². The number of hydrogen-bond donors (Lipinski definition) is 1. The van der Waals surface area contributed by atoms with Crippen LogP contribution in [0, 0.1) is 6.92 Å². The molecule has 1 heterocycles. The summed E-state index contributed by atoms with van der Waals surface area (Å²) in [6.07, 6.45) is 2.05. The van der Waals surface area contributed by atoms with Gasteiger partial charge in [0.2, 0.25) is 0 Å². The average Bonchev–Trinajstić information content (AvgIpc) is 2.51. The Morgan fingerprint density at radius 2 is 2.06 bits per heavy atom. The molecule has 0 atom stereocenters. The fourth-order valence-corrected chi connectivity index (χ4v) is 2.34. The second-order valence-electron chi connectivity index (χ2n) is 4.84. The number of aryl methyl sites for hydroxylation is 2. The highest BCUT2D eigenvalue weighted by molar-refractivity contribution is 5.51. The largest absolute Gasteiger partial charge is 0.354 e. The van der Waals surface area contributed by atoms with Gasteiger partial charge in [0.15, 0.2) is 0 Å². The van der Waals surface area contributed by atoms with E-state index in [1.165, 1.54) is 11.4 Å². The molecule has 1 aromatic heterocycles. The number of anilines is 1. The van der Waals surface area contributed by atoms with Gasteiger partial charge >= 0.3 is 0 Å². The van der Waals surface area contributed by atoms with E-state index >= 15 is 0 Å². The molecule has 0 saturated heterocycles. The summed E-state index contributed by atoms with van der Waals surface area (Å²) in [4.78, 5) is 2.42. The summed E-state index contributed by atoms with van der Waals surface area (Å²) in [6, 6.07) is 0.487. The lowest BCUT2D eigenvalue weighted by Crippen LogP contribution is -2.34. The summed E-state index contributed by atoms with van der Waals surface area (Å²) in [5.41, 5.74) is 8.11. The van der Waals surface area contributed by atoms with Gasteiger partial charge in [-0.15, -0.1) is 0 Å². The molecule has 0 saturated carbocycles. The van der Waals surface area contributed by atoms with Crippen molar-refractivity contribution in [3.8, 4) is 0 Å². The molecule has 1 rings (SSSR count). The zero-order valence-electron chi connectivity index (χ0n) is 11.8. The molecule has 0 aliphatic carbocycles. The van der Waals surface area contributed by atoms with E-state index in [-0.39, 0.29) is 0 Å². The van der Waals surface area contributed by atoms with Crippen molar-refractivity contribution in [2.45, 2.75) is 46.6 Å². The quantitative estimate of drug-likeness (QED) is 0.823. The molecule has 0 fully saturated rings. The van der Waals surface area contributed by atoms with E-state index in [4.69, 9.17) is 5.73 Å². The van der Waals surface area contributed by atoms with E-state index in [2.05, 4.69) is 37.7 Å². The molecule has 0 unspecified atom stereocenters. The van der Waals surface area contributed by atoms with Gasteiger partial charge in [-0.25, -0.2) is 0 Å². The van der Waals surface area contributed by atoms with Crippen LogP contribution in [0.1, 0.15) is 38.4 Å². The summed E-state index contributed by atoms with van der Waals surface area (Å²) in [7, 11) is 2.02. The summed E-state index contributed by atoms with van der Waals surface area (Å²) in [6.45, 7) is 10.5. The number of nitrogens with zero attached hydrogens (tertiary/aromatic N) is 3. The summed E-state index contributed by atoms with van der Waals surface area (Å²) < 4.78 is 2.00. The summed E-state index contributed by atoms with van der Waals surface area (Å²) in [5, 5.41) is 4.53. The molecular weight excluding hydrogens is 212 g/mol. The van der Waals surface area contributed by atoms with Crippen molar-refractivity contribution < 1.29 is 0 Å². The molecule has 2 N–H and O–H groups in total. The van der Waals surface area contributed by atoms with Crippen LogP contribution in [0.5, 0.6) is 0 Å². The molecule has 1 aromatic rings. The van der Waals surface area contributed by atoms with Crippen LogP contribution in [0.15, 0.2) is 0 Å². The maximum atomic E-state index is 5.70. The fraction of sp³-hybridized carbons (Fsp3) is 0.769. The van der Waals surface area contributed by atoms with Crippen LogP contribution in [0.3, 0.4) is 0 Å². The lowest BCUT2D eigenvalue weighted by atomic mass is 10.1. The number of aromatic nitrogens is 2. The van der Waals surface area contributed by atoms with Gasteiger partial charge in [0, 0.05) is 25.2 Å². The SMILES string of the molecule is CCCN(c1c(CCN)c(C)nn1C)C(C)C. The van der Waals surface area contributed by atoms with E-state index in [0.29, 0.717) is 12.6 Å². The van der Waals surface area contributed by atoms with Crippen LogP contribution in [-0.2, 0) is 13.5 Å². The lowest BCUT2D eigenvalue weighted by molar-refractivity contribution is 0.626. The Bertz CT molecular complexity index is 355. The molecule has 0 bridgehead atoms. The molecule has 17 heavy (non-hydrogen) atoms. The molecule has 0 radical (unpaired) electrons. The number of hydrogen-bond acceptors (Lipinski definition) is 3. The normalized spacial score (nSPS) is 11.2. The van der Waals surface area contributed by atoms with Crippen molar-refractivity contribution in [1.82, 2.24) is 9.78 Å². The minimum Gasteiger partial charge on any atom is -0.354 e. The smallest absolute Gasteiger partial charge is 0.130 e. The lowest BCUT2D eigenvalue weighted by Gasteiger charge is -2.29. The molecular formula is C13H26N4. The van der Waals surface area contributed by atoms with Crippen molar-refractivity contribution in [3.63, 3.8) is 0 Å². The molecule has 98 valence electrons. The Morgan fingerprint density at radius 1 is 1.41 bits per heavy atom. The zero-order chi connectivity index (χ0) is 13.0. The van der Waals surface area contributed by atoms with Crippen LogP contribution in [-0.4, -0.2) is 28.9 Å². The summed E-state index contributed by atoms with van der Waals surface area (Å²) in [5.74, 6) is 1.24. The van der Waals surface area contributed by atoms with E-state index < -0.39 is 0 Å². The van der Waals surface area contributed by atoms with Gasteiger partial charge < -0.3 is 10.6 Å². The Kier molecular flexibility index (Phi) is 5.00. The van der Waals surface area contributed by atoms with Gasteiger partial charge in [-0.1, -0.05) is 6.92 Å². The monoisotopic (exact) mass is 238 g/mol. The van der Waals surface area contributed by atoms with E-state index in [9.17, 15) is 0 Å². The fourth-order valence-electron chi connectivity index (χ4n) is 2.34. The van der Waals surface area contributed by atoms with Gasteiger partial charge in [-0.2, -0.15) is 5.10 Å². The molecule has 0 aliphatic rings. The van der Waals surface area contributed by atoms with Gasteiger partial charge in [-0.3, -0.25) is 4.68 Å². The second kappa shape index (κ2) is 6.05. The molecule has 0 aromatic carbocycles. The van der Waals surface area contributed by atoms with Gasteiger partial charge in [-0.05, 0) is 40.2 Å². The zero-order valence-corrected chi connectivity index (χ0v) is 11.8. The van der Waals surface area contributed by atoms with E-state index in [0.717, 1.165) is 25.1 Å². The molecule has 0 spiro atoms. The maximum Gasteiger partial charge on any atom is 0.130 e. The second-order valence-corrected chi connectivity index (χ2v) is 4.84. The van der Waals surface area contributed by atoms with Crippen LogP contribution in [0.2, 0.25) is 0 Å². The number of nitrogens with two attached hydrogens (primary N) is 1. The third-order valence-electron chi connectivity index (χ3n) is 3.07. The van der Waals surface area contributed by atoms with E-state index in [1.54, 1.807) is 0 Å². The minimum atomic E-state index is 0.487. The molecule has 0 aliphatic heterocycles. The Balaban J connectivity index is 3.16. The predicted octanol–water partition coefficient (Wildman–Crippen LogP) is 1.85. The third-order valence-corrected chi connectivity index (χ3v) is 3.07. The first-order chi connectivity index (χ1) is 8.02. The molecule has 0 amide bonds. The molecule has 4 nitrogen and oxygen atoms in total. The van der Waals surface area contributed by atoms with Crippen molar-refractivity contribution in [2.24, 2.45) is 12.8 Å². The van der Waals surface area contributed by atoms with E-state index in [1.807, 2.05) is 11.7 Å². The predicted molar refractivity (Wildman–Crippen MR) is 73.5 cm³/mol. The van der Waals surface area contributed by atoms with Crippen molar-refractivity contribution in [2.75, 3.05) is 18.0 Å². The maximum absolute atomic E-state index is 5.70. The van der Waals surface area contributed by atoms with Crippen molar-refractivity contribution in [1.29, 1.82) is 0 Å². The average molecular weight is 238 g/mol. The highest BCUT2D eigenvalue weighted by Crippen LogP contribution is 2.25. The highest BCUT2D eigenvalue weighted by Gasteiger charge is 2.20. The third kappa shape index (κ3) is 3.00. The standard InChI is InChI=1S/C13H26N4/c1-6-9-17(10(2)3)13-12(7-8-14)11(4)15-16(13)5/h10H,6-9,14H2,1-5H3. The van der Waals surface area contributed by atoms with Crippen LogP contribution >= 0.6 is 0 Å². The topological polar surface area (TPSA) is 47.1 Å². The molecule has 4 heteroatoms. The number of rotatable bonds is 6. The first-order valence-electron chi connectivity index (χ1n) is 6.52. The minimum absolute atomic E-state index is 0.487. The Labute approximate surface area is 105 Å². The Hall–Kier alpha value is -1.03. The Morgan fingerprint density at radius 3 is 2.53 bits per heavy atom. The van der Waals surface area contributed by atoms with Crippen molar-refractivity contribution >= 4 is 5.82 Å². The van der Waals surface area contributed by atoms with Gasteiger partial charge in [0.25, 0.3) is 0 Å². The van der Waals surface area contributed by atoms with Crippen LogP contribution < -0.4 is 10.6 Å². The first-order valence-corrected chi connectivity index (χ1v) is 6.52. The first kappa shape index (κ1) is 14.0. The van der Waals surface area contributed by atoms with Crippen LogP contribution in [0.25, 0.3) is 0 Å². The van der Waals surface area contributed by atoms with Gasteiger partial charge in [0.05, 0.1) is 5.69 Å².